The van der Waals surface area contributed by atoms with E-state index in [1.165, 1.54) is 0 Å². The van der Waals surface area contributed by atoms with Gasteiger partial charge in [-0.25, -0.2) is 0 Å². The average Bonchev–Trinajstić information content (AvgIpc) is 2.70. The standard InChI is InChI=1S/C10H14N4O/c1-2-9-12-13-10-7(8(15)6-11)4-3-5-14(9)10/h3-5,8,15H,2,6,11H2,1H3. The van der Waals surface area contributed by atoms with Gasteiger partial charge in [-0.1, -0.05) is 13.0 Å². The van der Waals surface area contributed by atoms with E-state index in [2.05, 4.69) is 10.2 Å². The van der Waals surface area contributed by atoms with E-state index < -0.39 is 6.10 Å². The highest BCUT2D eigenvalue weighted by Gasteiger charge is 2.13. The Morgan fingerprint density at radius 1 is 1.53 bits per heavy atom. The summed E-state index contributed by atoms with van der Waals surface area (Å²) in [6.45, 7) is 2.20. The van der Waals surface area contributed by atoms with Crippen LogP contribution in [-0.4, -0.2) is 26.2 Å². The zero-order valence-corrected chi connectivity index (χ0v) is 8.59. The van der Waals surface area contributed by atoms with Gasteiger partial charge < -0.3 is 10.8 Å². The number of aromatic nitrogens is 3. The maximum atomic E-state index is 9.70. The third-order valence-corrected chi connectivity index (χ3v) is 2.43. The zero-order valence-electron chi connectivity index (χ0n) is 8.59. The molecule has 1 unspecified atom stereocenters. The first-order chi connectivity index (χ1) is 7.27. The Labute approximate surface area is 87.6 Å². The smallest absolute Gasteiger partial charge is 0.166 e. The predicted octanol–water partition coefficient (Wildman–Crippen LogP) is 0.284. The van der Waals surface area contributed by atoms with Crippen molar-refractivity contribution in [3.63, 3.8) is 0 Å². The molecule has 0 fully saturated rings. The van der Waals surface area contributed by atoms with Crippen molar-refractivity contribution >= 4 is 5.65 Å². The number of hydrogen-bond acceptors (Lipinski definition) is 4. The van der Waals surface area contributed by atoms with E-state index in [1.807, 2.05) is 29.7 Å². The molecule has 0 bridgehead atoms. The van der Waals surface area contributed by atoms with Gasteiger partial charge in [0, 0.05) is 24.7 Å². The molecule has 80 valence electrons. The highest BCUT2D eigenvalue weighted by molar-refractivity contribution is 5.48. The molecule has 2 rings (SSSR count). The monoisotopic (exact) mass is 206 g/mol. The van der Waals surface area contributed by atoms with Gasteiger partial charge in [0.05, 0.1) is 6.10 Å². The molecule has 0 aliphatic carbocycles. The molecule has 0 radical (unpaired) electrons. The molecule has 5 nitrogen and oxygen atoms in total. The maximum Gasteiger partial charge on any atom is 0.166 e. The van der Waals surface area contributed by atoms with Crippen molar-refractivity contribution < 1.29 is 5.11 Å². The van der Waals surface area contributed by atoms with Crippen molar-refractivity contribution in [3.8, 4) is 0 Å². The molecule has 0 aromatic carbocycles. The summed E-state index contributed by atoms with van der Waals surface area (Å²) < 4.78 is 1.88. The number of nitrogens with two attached hydrogens (primary N) is 1. The van der Waals surface area contributed by atoms with Crippen molar-refractivity contribution in [2.45, 2.75) is 19.4 Å². The summed E-state index contributed by atoms with van der Waals surface area (Å²) in [6.07, 6.45) is 2.02. The van der Waals surface area contributed by atoms with Crippen LogP contribution in [0.5, 0.6) is 0 Å². The number of aliphatic hydroxyl groups is 1. The molecule has 5 heteroatoms. The molecule has 1 atom stereocenters. The molecule has 0 saturated carbocycles. The second-order valence-corrected chi connectivity index (χ2v) is 3.38. The van der Waals surface area contributed by atoms with Crippen molar-refractivity contribution in [1.29, 1.82) is 0 Å². The predicted molar refractivity (Wildman–Crippen MR) is 56.4 cm³/mol. The number of nitrogens with zero attached hydrogens (tertiary/aromatic N) is 3. The largest absolute Gasteiger partial charge is 0.387 e. The molecular formula is C10H14N4O. The van der Waals surface area contributed by atoms with Crippen LogP contribution in [0.1, 0.15) is 24.4 Å². The van der Waals surface area contributed by atoms with Crippen LogP contribution in [-0.2, 0) is 6.42 Å². The van der Waals surface area contributed by atoms with Gasteiger partial charge in [-0.15, -0.1) is 10.2 Å². The van der Waals surface area contributed by atoms with Gasteiger partial charge in [-0.2, -0.15) is 0 Å². The van der Waals surface area contributed by atoms with Crippen LogP contribution >= 0.6 is 0 Å². The highest BCUT2D eigenvalue weighted by atomic mass is 16.3. The molecule has 3 N–H and O–H groups in total. The molecule has 2 heterocycles. The lowest BCUT2D eigenvalue weighted by Gasteiger charge is -2.08. The van der Waals surface area contributed by atoms with Crippen molar-refractivity contribution in [2.75, 3.05) is 6.54 Å². The summed E-state index contributed by atoms with van der Waals surface area (Å²) in [7, 11) is 0. The lowest BCUT2D eigenvalue weighted by atomic mass is 10.1. The average molecular weight is 206 g/mol. The number of fused-ring (bicyclic) bond motifs is 1. The fraction of sp³-hybridized carbons (Fsp3) is 0.400. The minimum absolute atomic E-state index is 0.188. The molecular weight excluding hydrogens is 192 g/mol. The summed E-state index contributed by atoms with van der Waals surface area (Å²) in [5.41, 5.74) is 6.84. The molecule has 0 saturated heterocycles. The fourth-order valence-corrected chi connectivity index (χ4v) is 1.61. The summed E-state index contributed by atoms with van der Waals surface area (Å²) in [6, 6.07) is 3.69. The quantitative estimate of drug-likeness (QED) is 0.756. The van der Waals surface area contributed by atoms with Crippen LogP contribution in [0.2, 0.25) is 0 Å². The summed E-state index contributed by atoms with van der Waals surface area (Å²) in [4.78, 5) is 0. The fourth-order valence-electron chi connectivity index (χ4n) is 1.61. The van der Waals surface area contributed by atoms with Gasteiger partial charge in [0.1, 0.15) is 5.82 Å². The van der Waals surface area contributed by atoms with Gasteiger partial charge in [-0.3, -0.25) is 4.40 Å². The Morgan fingerprint density at radius 3 is 3.00 bits per heavy atom. The Bertz CT molecular complexity index is 465. The Hall–Kier alpha value is -1.46. The van der Waals surface area contributed by atoms with Crippen LogP contribution in [0, 0.1) is 0 Å². The molecule has 0 amide bonds. The number of pyridine rings is 1. The summed E-state index contributed by atoms with van der Waals surface area (Å²) >= 11 is 0. The normalized spacial score (nSPS) is 13.3. The van der Waals surface area contributed by atoms with E-state index >= 15 is 0 Å². The highest BCUT2D eigenvalue weighted by Crippen LogP contribution is 2.17. The van der Waals surface area contributed by atoms with Crippen LogP contribution in [0.3, 0.4) is 0 Å². The Kier molecular flexibility index (Phi) is 2.66. The second-order valence-electron chi connectivity index (χ2n) is 3.38. The number of hydrogen-bond donors (Lipinski definition) is 2. The third kappa shape index (κ3) is 1.60. The number of aryl methyl sites for hydroxylation is 1. The Balaban J connectivity index is 2.61. The topological polar surface area (TPSA) is 76.4 Å². The van der Waals surface area contributed by atoms with E-state index in [9.17, 15) is 5.11 Å². The first-order valence-corrected chi connectivity index (χ1v) is 4.98. The first-order valence-electron chi connectivity index (χ1n) is 4.98. The van der Waals surface area contributed by atoms with Gasteiger partial charge in [0.25, 0.3) is 0 Å². The van der Waals surface area contributed by atoms with Crippen LogP contribution in [0.25, 0.3) is 5.65 Å². The SMILES string of the molecule is CCc1nnc2c(C(O)CN)cccn12. The van der Waals surface area contributed by atoms with Crippen LogP contribution < -0.4 is 5.73 Å². The van der Waals surface area contributed by atoms with Gasteiger partial charge in [0.2, 0.25) is 0 Å². The minimum atomic E-state index is -0.678. The van der Waals surface area contributed by atoms with Crippen molar-refractivity contribution in [2.24, 2.45) is 5.73 Å². The van der Waals surface area contributed by atoms with Gasteiger partial charge in [0.15, 0.2) is 5.65 Å². The van der Waals surface area contributed by atoms with Crippen molar-refractivity contribution in [1.82, 2.24) is 14.6 Å². The summed E-state index contributed by atoms with van der Waals surface area (Å²) in [5.74, 6) is 0.885. The first kappa shape index (κ1) is 10.1. The molecule has 2 aromatic heterocycles. The molecule has 2 aromatic rings. The minimum Gasteiger partial charge on any atom is -0.387 e. The lowest BCUT2D eigenvalue weighted by molar-refractivity contribution is 0.187. The number of aliphatic hydroxyl groups excluding tert-OH is 1. The second kappa shape index (κ2) is 3.96. The lowest BCUT2D eigenvalue weighted by Crippen LogP contribution is -2.12. The molecule has 15 heavy (non-hydrogen) atoms. The molecule has 0 aliphatic rings. The van der Waals surface area contributed by atoms with E-state index in [1.54, 1.807) is 0 Å². The zero-order chi connectivity index (χ0) is 10.8. The Morgan fingerprint density at radius 2 is 2.33 bits per heavy atom. The summed E-state index contributed by atoms with van der Waals surface area (Å²) in [5, 5.41) is 17.8. The molecule has 0 spiro atoms. The van der Waals surface area contributed by atoms with Gasteiger partial charge >= 0.3 is 0 Å². The maximum absolute atomic E-state index is 9.70. The van der Waals surface area contributed by atoms with E-state index in [0.717, 1.165) is 17.8 Å². The van der Waals surface area contributed by atoms with Crippen LogP contribution in [0.15, 0.2) is 18.3 Å². The van der Waals surface area contributed by atoms with Crippen molar-refractivity contribution in [3.05, 3.63) is 29.7 Å². The number of rotatable bonds is 3. The van der Waals surface area contributed by atoms with E-state index in [0.29, 0.717) is 5.65 Å². The van der Waals surface area contributed by atoms with Crippen LogP contribution in [0.4, 0.5) is 0 Å². The molecule has 0 aliphatic heterocycles. The third-order valence-electron chi connectivity index (χ3n) is 2.43. The van der Waals surface area contributed by atoms with E-state index in [4.69, 9.17) is 5.73 Å². The van der Waals surface area contributed by atoms with E-state index in [-0.39, 0.29) is 6.54 Å². The van der Waals surface area contributed by atoms with Gasteiger partial charge in [-0.05, 0) is 6.07 Å².